The number of likely N-dealkylation sites (tertiary alicyclic amines) is 1. The van der Waals surface area contributed by atoms with Gasteiger partial charge >= 0.3 is 0 Å². The van der Waals surface area contributed by atoms with Gasteiger partial charge in [0.2, 0.25) is 0 Å². The number of aromatic amines is 1. The topological polar surface area (TPSA) is 48.1 Å². The molecule has 5 heteroatoms. The standard InChI is InChI=1S/C13H20BrN3O/c1-10(17-5-3-2-4-6-17)8-16-13(18)12-7-11(14)9-15-12/h7,9-10,15H,2-6,8H2,1H3,(H,16,18). The van der Waals surface area contributed by atoms with Crippen molar-refractivity contribution in [1.29, 1.82) is 0 Å². The number of amides is 1. The molecule has 1 aromatic rings. The summed E-state index contributed by atoms with van der Waals surface area (Å²) in [6.45, 7) is 5.20. The highest BCUT2D eigenvalue weighted by molar-refractivity contribution is 9.10. The summed E-state index contributed by atoms with van der Waals surface area (Å²) >= 11 is 3.32. The lowest BCUT2D eigenvalue weighted by molar-refractivity contribution is 0.0925. The fraction of sp³-hybridized carbons (Fsp3) is 0.615. The molecule has 0 bridgehead atoms. The molecule has 18 heavy (non-hydrogen) atoms. The molecule has 0 aliphatic carbocycles. The molecule has 0 radical (unpaired) electrons. The first-order chi connectivity index (χ1) is 8.66. The van der Waals surface area contributed by atoms with E-state index >= 15 is 0 Å². The van der Waals surface area contributed by atoms with Gasteiger partial charge in [0.05, 0.1) is 0 Å². The number of nitrogens with zero attached hydrogens (tertiary/aromatic N) is 1. The molecule has 1 amide bonds. The normalized spacial score (nSPS) is 18.6. The second kappa shape index (κ2) is 6.38. The van der Waals surface area contributed by atoms with Gasteiger partial charge in [-0.3, -0.25) is 9.69 Å². The zero-order valence-electron chi connectivity index (χ0n) is 10.7. The van der Waals surface area contributed by atoms with E-state index in [1.807, 2.05) is 0 Å². The third-order valence-electron chi connectivity index (χ3n) is 3.46. The van der Waals surface area contributed by atoms with Crippen molar-refractivity contribution in [2.45, 2.75) is 32.2 Å². The lowest BCUT2D eigenvalue weighted by atomic mass is 10.1. The minimum atomic E-state index is -0.0374. The van der Waals surface area contributed by atoms with E-state index < -0.39 is 0 Å². The van der Waals surface area contributed by atoms with E-state index in [0.29, 0.717) is 18.3 Å². The summed E-state index contributed by atoms with van der Waals surface area (Å²) in [7, 11) is 0. The molecule has 1 atom stereocenters. The number of hydrogen-bond acceptors (Lipinski definition) is 2. The van der Waals surface area contributed by atoms with Gasteiger partial charge < -0.3 is 10.3 Å². The van der Waals surface area contributed by atoms with Crippen LogP contribution in [0.5, 0.6) is 0 Å². The molecular weight excluding hydrogens is 294 g/mol. The Labute approximate surface area is 116 Å². The maximum atomic E-state index is 11.9. The molecule has 100 valence electrons. The quantitative estimate of drug-likeness (QED) is 0.896. The summed E-state index contributed by atoms with van der Waals surface area (Å²) < 4.78 is 0.900. The van der Waals surface area contributed by atoms with Crippen molar-refractivity contribution in [1.82, 2.24) is 15.2 Å². The average molecular weight is 314 g/mol. The van der Waals surface area contributed by atoms with Crippen LogP contribution in [-0.2, 0) is 0 Å². The van der Waals surface area contributed by atoms with Crippen molar-refractivity contribution in [2.75, 3.05) is 19.6 Å². The molecule has 1 fully saturated rings. The second-order valence-corrected chi connectivity index (χ2v) is 5.80. The van der Waals surface area contributed by atoms with Crippen molar-refractivity contribution in [3.63, 3.8) is 0 Å². The Bertz CT molecular complexity index is 399. The van der Waals surface area contributed by atoms with Gasteiger partial charge in [-0.2, -0.15) is 0 Å². The Balaban J connectivity index is 1.78. The van der Waals surface area contributed by atoms with Gasteiger partial charge in [0.1, 0.15) is 5.69 Å². The number of nitrogens with one attached hydrogen (secondary N) is 2. The van der Waals surface area contributed by atoms with Gasteiger partial charge in [-0.05, 0) is 54.9 Å². The molecule has 4 nitrogen and oxygen atoms in total. The van der Waals surface area contributed by atoms with Crippen molar-refractivity contribution >= 4 is 21.8 Å². The van der Waals surface area contributed by atoms with Crippen LogP contribution in [-0.4, -0.2) is 41.5 Å². The van der Waals surface area contributed by atoms with Crippen LogP contribution in [0.3, 0.4) is 0 Å². The number of carbonyl (C=O) groups excluding carboxylic acids is 1. The van der Waals surface area contributed by atoms with Crippen molar-refractivity contribution in [3.05, 3.63) is 22.4 Å². The van der Waals surface area contributed by atoms with E-state index in [1.165, 1.54) is 19.3 Å². The molecule has 1 unspecified atom stereocenters. The fourth-order valence-electron chi connectivity index (χ4n) is 2.32. The van der Waals surface area contributed by atoms with Gasteiger partial charge in [0, 0.05) is 23.3 Å². The summed E-state index contributed by atoms with van der Waals surface area (Å²) in [6, 6.07) is 2.20. The lowest BCUT2D eigenvalue weighted by Gasteiger charge is -2.32. The summed E-state index contributed by atoms with van der Waals surface area (Å²) in [5.74, 6) is -0.0374. The third kappa shape index (κ3) is 3.59. The van der Waals surface area contributed by atoms with Crippen LogP contribution in [0.4, 0.5) is 0 Å². The van der Waals surface area contributed by atoms with Crippen LogP contribution >= 0.6 is 15.9 Å². The van der Waals surface area contributed by atoms with Crippen molar-refractivity contribution < 1.29 is 4.79 Å². The van der Waals surface area contributed by atoms with Crippen LogP contribution in [0.1, 0.15) is 36.7 Å². The van der Waals surface area contributed by atoms with Crippen LogP contribution < -0.4 is 5.32 Å². The Hall–Kier alpha value is -0.810. The molecule has 2 rings (SSSR count). The molecular formula is C13H20BrN3O. The van der Waals surface area contributed by atoms with Gasteiger partial charge in [-0.1, -0.05) is 6.42 Å². The first kappa shape index (κ1) is 13.6. The monoisotopic (exact) mass is 313 g/mol. The highest BCUT2D eigenvalue weighted by Gasteiger charge is 2.17. The zero-order chi connectivity index (χ0) is 13.0. The highest BCUT2D eigenvalue weighted by Crippen LogP contribution is 2.12. The Morgan fingerprint density at radius 2 is 2.22 bits per heavy atom. The number of hydrogen-bond donors (Lipinski definition) is 2. The molecule has 0 saturated carbocycles. The van der Waals surface area contributed by atoms with Crippen molar-refractivity contribution in [2.24, 2.45) is 0 Å². The minimum Gasteiger partial charge on any atom is -0.356 e. The fourth-order valence-corrected chi connectivity index (χ4v) is 2.67. The van der Waals surface area contributed by atoms with Gasteiger partial charge in [-0.15, -0.1) is 0 Å². The number of piperidine rings is 1. The smallest absolute Gasteiger partial charge is 0.267 e. The third-order valence-corrected chi connectivity index (χ3v) is 3.92. The Kier molecular flexibility index (Phi) is 4.83. The van der Waals surface area contributed by atoms with Crippen LogP contribution in [0.25, 0.3) is 0 Å². The van der Waals surface area contributed by atoms with E-state index in [2.05, 4.69) is 38.1 Å². The largest absolute Gasteiger partial charge is 0.356 e. The molecule has 1 aliphatic rings. The minimum absolute atomic E-state index is 0.0374. The summed E-state index contributed by atoms with van der Waals surface area (Å²) in [5, 5.41) is 2.98. The van der Waals surface area contributed by atoms with E-state index in [1.54, 1.807) is 12.3 Å². The Morgan fingerprint density at radius 3 is 2.83 bits per heavy atom. The second-order valence-electron chi connectivity index (χ2n) is 4.89. The number of carbonyl (C=O) groups is 1. The van der Waals surface area contributed by atoms with Gasteiger partial charge in [0.25, 0.3) is 5.91 Å². The number of H-pyrrole nitrogens is 1. The van der Waals surface area contributed by atoms with Crippen LogP contribution in [0.15, 0.2) is 16.7 Å². The van der Waals surface area contributed by atoms with Crippen molar-refractivity contribution in [3.8, 4) is 0 Å². The number of aromatic nitrogens is 1. The molecule has 1 aromatic heterocycles. The summed E-state index contributed by atoms with van der Waals surface area (Å²) in [4.78, 5) is 17.3. The SMILES string of the molecule is CC(CNC(=O)c1cc(Br)c[nH]1)N1CCCCC1. The molecule has 0 aromatic carbocycles. The van der Waals surface area contributed by atoms with Gasteiger partial charge in [0.15, 0.2) is 0 Å². The van der Waals surface area contributed by atoms with Gasteiger partial charge in [-0.25, -0.2) is 0 Å². The van der Waals surface area contributed by atoms with Crippen LogP contribution in [0.2, 0.25) is 0 Å². The number of halogens is 1. The molecule has 1 saturated heterocycles. The van der Waals surface area contributed by atoms with E-state index in [0.717, 1.165) is 17.6 Å². The predicted octanol–water partition coefficient (Wildman–Crippen LogP) is 2.38. The summed E-state index contributed by atoms with van der Waals surface area (Å²) in [5.41, 5.74) is 0.604. The van der Waals surface area contributed by atoms with E-state index in [-0.39, 0.29) is 5.91 Å². The predicted molar refractivity (Wildman–Crippen MR) is 75.7 cm³/mol. The Morgan fingerprint density at radius 1 is 1.50 bits per heavy atom. The highest BCUT2D eigenvalue weighted by atomic mass is 79.9. The summed E-state index contributed by atoms with van der Waals surface area (Å²) in [6.07, 6.45) is 5.67. The average Bonchev–Trinajstić information content (AvgIpc) is 2.83. The first-order valence-electron chi connectivity index (χ1n) is 6.53. The molecule has 2 heterocycles. The maximum Gasteiger partial charge on any atom is 0.267 e. The molecule has 0 spiro atoms. The molecule has 1 aliphatic heterocycles. The molecule has 2 N–H and O–H groups in total. The number of rotatable bonds is 4. The maximum absolute atomic E-state index is 11.9. The lowest BCUT2D eigenvalue weighted by Crippen LogP contribution is -2.44. The van der Waals surface area contributed by atoms with E-state index in [4.69, 9.17) is 0 Å². The zero-order valence-corrected chi connectivity index (χ0v) is 12.3. The van der Waals surface area contributed by atoms with E-state index in [9.17, 15) is 4.79 Å². The first-order valence-corrected chi connectivity index (χ1v) is 7.32. The van der Waals surface area contributed by atoms with Crippen LogP contribution in [0, 0.1) is 0 Å².